The zero-order chi connectivity index (χ0) is 10.7. The first-order chi connectivity index (χ1) is 6.54. The Balaban J connectivity index is 2.89. The van der Waals surface area contributed by atoms with Crippen LogP contribution < -0.4 is 5.73 Å². The molecular weight excluding hydrogens is 174 g/mol. The molecular formula is C12H19NO. The summed E-state index contributed by atoms with van der Waals surface area (Å²) in [5.41, 5.74) is 7.65. The summed E-state index contributed by atoms with van der Waals surface area (Å²) in [6.45, 7) is 6.04. The molecule has 0 spiro atoms. The zero-order valence-electron chi connectivity index (χ0n) is 9.07. The molecule has 0 amide bonds. The van der Waals surface area contributed by atoms with Crippen molar-refractivity contribution in [2.45, 2.75) is 32.8 Å². The number of benzene rings is 1. The molecule has 2 unspecified atom stereocenters. The van der Waals surface area contributed by atoms with Gasteiger partial charge >= 0.3 is 0 Å². The van der Waals surface area contributed by atoms with E-state index in [0.717, 1.165) is 11.3 Å². The normalized spacial score (nSPS) is 15.5. The fourth-order valence-electron chi connectivity index (χ4n) is 1.69. The maximum atomic E-state index is 9.92. The Hall–Kier alpha value is -1.02. The molecule has 0 aliphatic carbocycles. The first-order valence-electron chi connectivity index (χ1n) is 5.06. The number of para-hydroxylation sites is 1. The monoisotopic (exact) mass is 193 g/mol. The minimum Gasteiger partial charge on any atom is -0.398 e. The second kappa shape index (κ2) is 4.47. The molecule has 3 N–H and O–H groups in total. The van der Waals surface area contributed by atoms with Gasteiger partial charge in [-0.05, 0) is 17.5 Å². The van der Waals surface area contributed by atoms with Crippen molar-refractivity contribution in [3.63, 3.8) is 0 Å². The fraction of sp³-hybridized carbons (Fsp3) is 0.500. The van der Waals surface area contributed by atoms with Gasteiger partial charge in [-0.1, -0.05) is 39.0 Å². The van der Waals surface area contributed by atoms with E-state index in [1.165, 1.54) is 0 Å². The van der Waals surface area contributed by atoms with Crippen molar-refractivity contribution in [1.29, 1.82) is 0 Å². The third-order valence-corrected chi connectivity index (χ3v) is 2.68. The summed E-state index contributed by atoms with van der Waals surface area (Å²) < 4.78 is 0. The van der Waals surface area contributed by atoms with E-state index in [9.17, 15) is 5.11 Å². The van der Waals surface area contributed by atoms with Crippen LogP contribution in [0.5, 0.6) is 0 Å². The van der Waals surface area contributed by atoms with Gasteiger partial charge in [-0.2, -0.15) is 0 Å². The molecule has 0 radical (unpaired) electrons. The highest BCUT2D eigenvalue weighted by molar-refractivity contribution is 5.48. The summed E-state index contributed by atoms with van der Waals surface area (Å²) >= 11 is 0. The van der Waals surface area contributed by atoms with Gasteiger partial charge < -0.3 is 10.8 Å². The molecule has 0 saturated heterocycles. The lowest BCUT2D eigenvalue weighted by Gasteiger charge is -2.23. The second-order valence-electron chi connectivity index (χ2n) is 4.15. The number of rotatable bonds is 3. The van der Waals surface area contributed by atoms with E-state index < -0.39 is 0 Å². The third kappa shape index (κ3) is 2.26. The molecule has 0 saturated carbocycles. The second-order valence-corrected chi connectivity index (χ2v) is 4.15. The SMILES string of the molecule is CC(C)C(O)C(C)c1ccccc1N. The number of anilines is 1. The maximum Gasteiger partial charge on any atom is 0.0629 e. The van der Waals surface area contributed by atoms with Crippen LogP contribution in [0.4, 0.5) is 5.69 Å². The molecule has 0 aliphatic heterocycles. The van der Waals surface area contributed by atoms with E-state index in [2.05, 4.69) is 0 Å². The number of hydrogen-bond acceptors (Lipinski definition) is 2. The quantitative estimate of drug-likeness (QED) is 0.724. The van der Waals surface area contributed by atoms with Crippen LogP contribution in [0.15, 0.2) is 24.3 Å². The molecule has 2 atom stereocenters. The molecule has 1 aromatic carbocycles. The highest BCUT2D eigenvalue weighted by Gasteiger charge is 2.20. The molecule has 2 nitrogen and oxygen atoms in total. The summed E-state index contributed by atoms with van der Waals surface area (Å²) in [7, 11) is 0. The van der Waals surface area contributed by atoms with Crippen molar-refractivity contribution in [2.75, 3.05) is 5.73 Å². The highest BCUT2D eigenvalue weighted by atomic mass is 16.3. The summed E-state index contributed by atoms with van der Waals surface area (Å²) in [6.07, 6.45) is -0.334. The summed E-state index contributed by atoms with van der Waals surface area (Å²) in [5, 5.41) is 9.92. The van der Waals surface area contributed by atoms with Crippen LogP contribution in [0.3, 0.4) is 0 Å². The lowest BCUT2D eigenvalue weighted by Crippen LogP contribution is -2.22. The Labute approximate surface area is 85.8 Å². The number of hydrogen-bond donors (Lipinski definition) is 2. The summed E-state index contributed by atoms with van der Waals surface area (Å²) in [4.78, 5) is 0. The van der Waals surface area contributed by atoms with Gasteiger partial charge in [0.2, 0.25) is 0 Å². The molecule has 0 aliphatic rings. The average Bonchev–Trinajstić information content (AvgIpc) is 2.16. The number of aliphatic hydroxyl groups is 1. The number of nitrogens with two attached hydrogens (primary N) is 1. The average molecular weight is 193 g/mol. The first-order valence-corrected chi connectivity index (χ1v) is 5.06. The van der Waals surface area contributed by atoms with Gasteiger partial charge in [0, 0.05) is 11.6 Å². The van der Waals surface area contributed by atoms with Crippen LogP contribution in [-0.4, -0.2) is 11.2 Å². The van der Waals surface area contributed by atoms with E-state index in [4.69, 9.17) is 5.73 Å². The molecule has 0 heterocycles. The van der Waals surface area contributed by atoms with Gasteiger partial charge in [0.1, 0.15) is 0 Å². The Morgan fingerprint density at radius 2 is 1.71 bits per heavy atom. The van der Waals surface area contributed by atoms with Crippen LogP contribution in [0, 0.1) is 5.92 Å². The van der Waals surface area contributed by atoms with Crippen LogP contribution in [0.1, 0.15) is 32.3 Å². The van der Waals surface area contributed by atoms with Gasteiger partial charge in [0.05, 0.1) is 6.10 Å². The van der Waals surface area contributed by atoms with Gasteiger partial charge in [0.15, 0.2) is 0 Å². The van der Waals surface area contributed by atoms with Crippen molar-refractivity contribution < 1.29 is 5.11 Å². The number of nitrogen functional groups attached to an aromatic ring is 1. The minimum atomic E-state index is -0.334. The molecule has 14 heavy (non-hydrogen) atoms. The Morgan fingerprint density at radius 3 is 2.21 bits per heavy atom. The molecule has 0 aromatic heterocycles. The minimum absolute atomic E-state index is 0.0937. The predicted molar refractivity (Wildman–Crippen MR) is 60.1 cm³/mol. The van der Waals surface area contributed by atoms with Gasteiger partial charge in [-0.15, -0.1) is 0 Å². The smallest absolute Gasteiger partial charge is 0.0629 e. The largest absolute Gasteiger partial charge is 0.398 e. The van der Waals surface area contributed by atoms with Crippen molar-refractivity contribution in [2.24, 2.45) is 5.92 Å². The predicted octanol–water partition coefficient (Wildman–Crippen LogP) is 2.39. The van der Waals surface area contributed by atoms with Crippen molar-refractivity contribution in [1.82, 2.24) is 0 Å². The van der Waals surface area contributed by atoms with E-state index in [0.29, 0.717) is 0 Å². The first kappa shape index (κ1) is 11.1. The van der Waals surface area contributed by atoms with Gasteiger partial charge in [0.25, 0.3) is 0 Å². The number of aliphatic hydroxyl groups excluding tert-OH is 1. The molecule has 0 fully saturated rings. The van der Waals surface area contributed by atoms with Crippen molar-refractivity contribution in [3.05, 3.63) is 29.8 Å². The topological polar surface area (TPSA) is 46.2 Å². The summed E-state index contributed by atoms with van der Waals surface area (Å²) in [6, 6.07) is 7.72. The van der Waals surface area contributed by atoms with Gasteiger partial charge in [-0.25, -0.2) is 0 Å². The van der Waals surface area contributed by atoms with E-state index in [-0.39, 0.29) is 17.9 Å². The van der Waals surface area contributed by atoms with E-state index >= 15 is 0 Å². The van der Waals surface area contributed by atoms with Crippen molar-refractivity contribution >= 4 is 5.69 Å². The third-order valence-electron chi connectivity index (χ3n) is 2.68. The Bertz CT molecular complexity index is 296. The Morgan fingerprint density at radius 1 is 1.14 bits per heavy atom. The van der Waals surface area contributed by atoms with Crippen LogP contribution in [0.25, 0.3) is 0 Å². The van der Waals surface area contributed by atoms with Crippen LogP contribution >= 0.6 is 0 Å². The molecule has 2 heteroatoms. The molecule has 0 bridgehead atoms. The standard InChI is InChI=1S/C12H19NO/c1-8(2)12(14)9(3)10-6-4-5-7-11(10)13/h4-9,12,14H,13H2,1-3H3. The van der Waals surface area contributed by atoms with E-state index in [1.807, 2.05) is 45.0 Å². The molecule has 1 rings (SSSR count). The Kier molecular flexibility index (Phi) is 3.53. The fourth-order valence-corrected chi connectivity index (χ4v) is 1.69. The van der Waals surface area contributed by atoms with Gasteiger partial charge in [-0.3, -0.25) is 0 Å². The molecule has 78 valence electrons. The maximum absolute atomic E-state index is 9.92. The lowest BCUT2D eigenvalue weighted by atomic mass is 9.88. The zero-order valence-corrected chi connectivity index (χ0v) is 9.07. The van der Waals surface area contributed by atoms with Crippen LogP contribution in [-0.2, 0) is 0 Å². The van der Waals surface area contributed by atoms with Crippen LogP contribution in [0.2, 0.25) is 0 Å². The lowest BCUT2D eigenvalue weighted by molar-refractivity contribution is 0.102. The molecule has 1 aromatic rings. The van der Waals surface area contributed by atoms with Crippen molar-refractivity contribution in [3.8, 4) is 0 Å². The highest BCUT2D eigenvalue weighted by Crippen LogP contribution is 2.27. The van der Waals surface area contributed by atoms with E-state index in [1.54, 1.807) is 0 Å². The summed E-state index contributed by atoms with van der Waals surface area (Å²) in [5.74, 6) is 0.348.